The standard InChI is InChI=1S/C10H13NO2/c1-8(12)10(13)11-7-9-5-3-2-4-6-9/h2-6,8,12H,7H2,1H3,(H,11,13)/t8-/m1/s1. The zero-order valence-electron chi connectivity index (χ0n) is 7.53. The van der Waals surface area contributed by atoms with E-state index in [0.29, 0.717) is 6.54 Å². The van der Waals surface area contributed by atoms with E-state index in [-0.39, 0.29) is 5.91 Å². The zero-order valence-corrected chi connectivity index (χ0v) is 7.53. The van der Waals surface area contributed by atoms with Gasteiger partial charge in [0.1, 0.15) is 6.10 Å². The van der Waals surface area contributed by atoms with Crippen molar-refractivity contribution < 1.29 is 9.90 Å². The van der Waals surface area contributed by atoms with Crippen molar-refractivity contribution >= 4 is 5.91 Å². The smallest absolute Gasteiger partial charge is 0.248 e. The fourth-order valence-electron chi connectivity index (χ4n) is 0.933. The molecule has 1 amide bonds. The van der Waals surface area contributed by atoms with Crippen LogP contribution in [0.4, 0.5) is 0 Å². The van der Waals surface area contributed by atoms with Crippen LogP contribution in [0.25, 0.3) is 0 Å². The SMILES string of the molecule is C[C@@H](O)C(=O)NCc1ccccc1. The topological polar surface area (TPSA) is 49.3 Å². The lowest BCUT2D eigenvalue weighted by Gasteiger charge is -2.06. The molecule has 0 heterocycles. The van der Waals surface area contributed by atoms with Gasteiger partial charge in [0.25, 0.3) is 0 Å². The van der Waals surface area contributed by atoms with E-state index in [0.717, 1.165) is 5.56 Å². The molecule has 0 aliphatic rings. The molecule has 70 valence electrons. The zero-order chi connectivity index (χ0) is 9.68. The number of aliphatic hydroxyl groups excluding tert-OH is 1. The number of carbonyl (C=O) groups excluding carboxylic acids is 1. The molecule has 0 aliphatic heterocycles. The Bertz CT molecular complexity index is 270. The van der Waals surface area contributed by atoms with E-state index in [4.69, 9.17) is 5.11 Å². The third-order valence-corrected chi connectivity index (χ3v) is 1.69. The summed E-state index contributed by atoms with van der Waals surface area (Å²) in [5.74, 6) is -0.344. The first-order valence-corrected chi connectivity index (χ1v) is 4.20. The van der Waals surface area contributed by atoms with Crippen LogP contribution in [0.5, 0.6) is 0 Å². The van der Waals surface area contributed by atoms with E-state index in [9.17, 15) is 4.79 Å². The predicted octanol–water partition coefficient (Wildman–Crippen LogP) is 0.684. The maximum absolute atomic E-state index is 11.0. The number of nitrogens with one attached hydrogen (secondary N) is 1. The molecule has 3 heteroatoms. The Morgan fingerprint density at radius 2 is 2.08 bits per heavy atom. The van der Waals surface area contributed by atoms with Gasteiger partial charge >= 0.3 is 0 Å². The third kappa shape index (κ3) is 3.25. The van der Waals surface area contributed by atoms with Crippen molar-refractivity contribution in [2.75, 3.05) is 0 Å². The number of carbonyl (C=O) groups is 1. The second kappa shape index (κ2) is 4.62. The van der Waals surface area contributed by atoms with Crippen molar-refractivity contribution in [3.8, 4) is 0 Å². The van der Waals surface area contributed by atoms with Gasteiger partial charge in [0.2, 0.25) is 5.91 Å². The molecule has 1 atom stereocenters. The summed E-state index contributed by atoms with van der Waals surface area (Å²) in [6.07, 6.45) is -0.941. The maximum Gasteiger partial charge on any atom is 0.248 e. The fraction of sp³-hybridized carbons (Fsp3) is 0.300. The summed E-state index contributed by atoms with van der Waals surface area (Å²) in [5, 5.41) is 11.5. The maximum atomic E-state index is 11.0. The molecule has 1 rings (SSSR count). The van der Waals surface area contributed by atoms with Crippen molar-refractivity contribution in [3.63, 3.8) is 0 Å². The van der Waals surface area contributed by atoms with Crippen molar-refractivity contribution in [1.29, 1.82) is 0 Å². The Morgan fingerprint density at radius 3 is 2.62 bits per heavy atom. The Kier molecular flexibility index (Phi) is 3.46. The van der Waals surface area contributed by atoms with Crippen LogP contribution in [0.15, 0.2) is 30.3 Å². The quantitative estimate of drug-likeness (QED) is 0.717. The lowest BCUT2D eigenvalue weighted by molar-refractivity contribution is -0.128. The highest BCUT2D eigenvalue weighted by Gasteiger charge is 2.06. The van der Waals surface area contributed by atoms with Gasteiger partial charge in [0, 0.05) is 6.54 Å². The van der Waals surface area contributed by atoms with Gasteiger partial charge in [-0.05, 0) is 12.5 Å². The van der Waals surface area contributed by atoms with Gasteiger partial charge in [-0.15, -0.1) is 0 Å². The van der Waals surface area contributed by atoms with Gasteiger partial charge in [0.15, 0.2) is 0 Å². The van der Waals surface area contributed by atoms with Crippen molar-refractivity contribution in [1.82, 2.24) is 5.32 Å². The van der Waals surface area contributed by atoms with Gasteiger partial charge in [-0.2, -0.15) is 0 Å². The highest BCUT2D eigenvalue weighted by molar-refractivity contribution is 5.79. The number of amides is 1. The highest BCUT2D eigenvalue weighted by atomic mass is 16.3. The fourth-order valence-corrected chi connectivity index (χ4v) is 0.933. The van der Waals surface area contributed by atoms with Crippen molar-refractivity contribution in [2.45, 2.75) is 19.6 Å². The summed E-state index contributed by atoms with van der Waals surface area (Å²) in [4.78, 5) is 11.0. The van der Waals surface area contributed by atoms with Crippen LogP contribution in [0.2, 0.25) is 0 Å². The Balaban J connectivity index is 2.40. The van der Waals surface area contributed by atoms with Gasteiger partial charge in [-0.3, -0.25) is 4.79 Å². The molecule has 0 aliphatic carbocycles. The minimum atomic E-state index is -0.941. The van der Waals surface area contributed by atoms with Gasteiger partial charge in [-0.25, -0.2) is 0 Å². The molecule has 0 aromatic heterocycles. The lowest BCUT2D eigenvalue weighted by Crippen LogP contribution is -2.31. The van der Waals surface area contributed by atoms with Crippen LogP contribution in [-0.2, 0) is 11.3 Å². The van der Waals surface area contributed by atoms with Crippen molar-refractivity contribution in [2.24, 2.45) is 0 Å². The molecular formula is C10H13NO2. The number of aliphatic hydroxyl groups is 1. The third-order valence-electron chi connectivity index (χ3n) is 1.69. The first kappa shape index (κ1) is 9.74. The summed E-state index contributed by atoms with van der Waals surface area (Å²) in [6, 6.07) is 9.57. The molecule has 0 fully saturated rings. The van der Waals surface area contributed by atoms with E-state index in [1.165, 1.54) is 6.92 Å². The molecule has 0 saturated carbocycles. The minimum Gasteiger partial charge on any atom is -0.384 e. The molecule has 3 nitrogen and oxygen atoms in total. The normalized spacial score (nSPS) is 12.2. The van der Waals surface area contributed by atoms with Crippen LogP contribution in [0.3, 0.4) is 0 Å². The molecule has 0 radical (unpaired) electrons. The van der Waals surface area contributed by atoms with Crippen LogP contribution in [0.1, 0.15) is 12.5 Å². The second-order valence-electron chi connectivity index (χ2n) is 2.88. The van der Waals surface area contributed by atoms with Crippen LogP contribution < -0.4 is 5.32 Å². The summed E-state index contributed by atoms with van der Waals surface area (Å²) >= 11 is 0. The van der Waals surface area contributed by atoms with E-state index < -0.39 is 6.10 Å². The number of hydrogen-bond acceptors (Lipinski definition) is 2. The first-order chi connectivity index (χ1) is 6.20. The van der Waals surface area contributed by atoms with E-state index in [1.54, 1.807) is 0 Å². The molecule has 0 saturated heterocycles. The second-order valence-corrected chi connectivity index (χ2v) is 2.88. The molecule has 0 unspecified atom stereocenters. The summed E-state index contributed by atoms with van der Waals surface area (Å²) < 4.78 is 0. The van der Waals surface area contributed by atoms with Gasteiger partial charge < -0.3 is 10.4 Å². The van der Waals surface area contributed by atoms with E-state index in [2.05, 4.69) is 5.32 Å². The first-order valence-electron chi connectivity index (χ1n) is 4.20. The van der Waals surface area contributed by atoms with Crippen molar-refractivity contribution in [3.05, 3.63) is 35.9 Å². The highest BCUT2D eigenvalue weighted by Crippen LogP contribution is 1.97. The molecular weight excluding hydrogens is 166 g/mol. The Hall–Kier alpha value is -1.35. The number of hydrogen-bond donors (Lipinski definition) is 2. The average Bonchev–Trinajstić information content (AvgIpc) is 2.15. The van der Waals surface area contributed by atoms with Crippen LogP contribution >= 0.6 is 0 Å². The van der Waals surface area contributed by atoms with Crippen LogP contribution in [0, 0.1) is 0 Å². The monoisotopic (exact) mass is 179 g/mol. The lowest BCUT2D eigenvalue weighted by atomic mass is 10.2. The van der Waals surface area contributed by atoms with E-state index >= 15 is 0 Å². The minimum absolute atomic E-state index is 0.344. The molecule has 2 N–H and O–H groups in total. The molecule has 13 heavy (non-hydrogen) atoms. The molecule has 0 bridgehead atoms. The molecule has 1 aromatic carbocycles. The Morgan fingerprint density at radius 1 is 1.46 bits per heavy atom. The Labute approximate surface area is 77.4 Å². The van der Waals surface area contributed by atoms with Gasteiger partial charge in [0.05, 0.1) is 0 Å². The van der Waals surface area contributed by atoms with E-state index in [1.807, 2.05) is 30.3 Å². The summed E-state index contributed by atoms with van der Waals surface area (Å²) in [5.41, 5.74) is 1.02. The van der Waals surface area contributed by atoms with Gasteiger partial charge in [-0.1, -0.05) is 30.3 Å². The van der Waals surface area contributed by atoms with Crippen LogP contribution in [-0.4, -0.2) is 17.1 Å². The predicted molar refractivity (Wildman–Crippen MR) is 50.0 cm³/mol. The number of rotatable bonds is 3. The number of benzene rings is 1. The summed E-state index contributed by atoms with van der Waals surface area (Å²) in [6.45, 7) is 1.91. The average molecular weight is 179 g/mol. The largest absolute Gasteiger partial charge is 0.384 e. The molecule has 0 spiro atoms. The summed E-state index contributed by atoms with van der Waals surface area (Å²) in [7, 11) is 0. The molecule has 1 aromatic rings.